The molecule has 3 fully saturated rings. The number of alkyl halides is 2. The van der Waals surface area contributed by atoms with Crippen molar-refractivity contribution < 1.29 is 37.5 Å². The van der Waals surface area contributed by atoms with Crippen molar-refractivity contribution in [3.05, 3.63) is 101 Å². The standard InChI is InChI=1S/C43H50ClF2N5O6/c1-50(2)31-19-22-51(27-31)37(53)26-41(20-9-10-21-41)25-36(52)48-35(38(54)57-3)23-28-15-17-30(18-16-28)47-39(55)42(24-33(42)32-13-7-8-14-34(32)44)49-40(56)43(45,46)29-11-5-4-6-12-29/h4-8,11-18,31,33,35H,9-10,19-27H2,1-3H3,(H,47,55)(H,48,52)(H,49,56)/t31-,33?,35+,42?/m0/s1. The quantitative estimate of drug-likeness (QED) is 0.165. The molecular weight excluding hydrogens is 756 g/mol. The van der Waals surface area contributed by atoms with Gasteiger partial charge in [0.1, 0.15) is 11.6 Å². The van der Waals surface area contributed by atoms with Crippen molar-refractivity contribution in [2.45, 2.75) is 87.3 Å². The second-order valence-corrected chi connectivity index (χ2v) is 16.4. The largest absolute Gasteiger partial charge is 0.467 e. The van der Waals surface area contributed by atoms with Crippen molar-refractivity contribution in [2.24, 2.45) is 5.41 Å². The van der Waals surface area contributed by atoms with Gasteiger partial charge >= 0.3 is 11.9 Å². The Morgan fingerprint density at radius 3 is 2.25 bits per heavy atom. The van der Waals surface area contributed by atoms with Crippen molar-refractivity contribution in [1.82, 2.24) is 20.4 Å². The van der Waals surface area contributed by atoms with E-state index in [1.165, 1.54) is 19.2 Å². The maximum absolute atomic E-state index is 15.3. The fourth-order valence-corrected chi connectivity index (χ4v) is 8.66. The van der Waals surface area contributed by atoms with E-state index in [4.69, 9.17) is 16.3 Å². The summed E-state index contributed by atoms with van der Waals surface area (Å²) in [5, 5.41) is 8.31. The molecule has 2 saturated carbocycles. The summed E-state index contributed by atoms with van der Waals surface area (Å²) in [5.41, 5.74) is -1.18. The highest BCUT2D eigenvalue weighted by Crippen LogP contribution is 2.54. The van der Waals surface area contributed by atoms with Crippen LogP contribution in [0, 0.1) is 5.41 Å². The van der Waals surface area contributed by atoms with E-state index in [2.05, 4.69) is 20.9 Å². The van der Waals surface area contributed by atoms with E-state index in [1.807, 2.05) is 19.0 Å². The molecule has 1 heterocycles. The minimum atomic E-state index is -3.91. The van der Waals surface area contributed by atoms with Gasteiger partial charge < -0.3 is 30.5 Å². The first-order valence-corrected chi connectivity index (χ1v) is 19.8. The highest BCUT2D eigenvalue weighted by atomic mass is 35.5. The van der Waals surface area contributed by atoms with E-state index in [0.29, 0.717) is 41.0 Å². The zero-order valence-corrected chi connectivity index (χ0v) is 33.2. The maximum Gasteiger partial charge on any atom is 0.349 e. The Morgan fingerprint density at radius 1 is 0.947 bits per heavy atom. The molecule has 11 nitrogen and oxygen atoms in total. The lowest BCUT2D eigenvalue weighted by Crippen LogP contribution is -2.52. The Labute approximate surface area is 336 Å². The summed E-state index contributed by atoms with van der Waals surface area (Å²) in [4.78, 5) is 70.9. The molecule has 4 atom stereocenters. The van der Waals surface area contributed by atoms with Crippen LogP contribution in [0.15, 0.2) is 78.9 Å². The first kappa shape index (κ1) is 41.7. The van der Waals surface area contributed by atoms with Crippen LogP contribution in [0.3, 0.4) is 0 Å². The van der Waals surface area contributed by atoms with Gasteiger partial charge in [-0.25, -0.2) is 4.79 Å². The summed E-state index contributed by atoms with van der Waals surface area (Å²) in [6.07, 6.45) is 4.82. The number of methoxy groups -OCH3 is 1. The van der Waals surface area contributed by atoms with Gasteiger partial charge in [-0.3, -0.25) is 19.2 Å². The number of hydrogen-bond acceptors (Lipinski definition) is 7. The maximum atomic E-state index is 15.3. The molecule has 57 heavy (non-hydrogen) atoms. The van der Waals surface area contributed by atoms with E-state index >= 15 is 8.78 Å². The molecule has 0 radical (unpaired) electrons. The zero-order valence-electron chi connectivity index (χ0n) is 32.5. The Bertz CT molecular complexity index is 1960. The number of anilines is 1. The van der Waals surface area contributed by atoms with E-state index in [0.717, 1.165) is 44.2 Å². The van der Waals surface area contributed by atoms with Gasteiger partial charge in [0.15, 0.2) is 0 Å². The van der Waals surface area contributed by atoms with E-state index in [-0.39, 0.29) is 37.5 Å². The molecule has 1 saturated heterocycles. The summed E-state index contributed by atoms with van der Waals surface area (Å²) in [6, 6.07) is 19.2. The normalized spacial score (nSPS) is 21.8. The van der Waals surface area contributed by atoms with Crippen LogP contribution in [0.4, 0.5) is 14.5 Å². The van der Waals surface area contributed by atoms with Gasteiger partial charge in [-0.15, -0.1) is 0 Å². The molecule has 0 spiro atoms. The third kappa shape index (κ3) is 9.47. The lowest BCUT2D eigenvalue weighted by atomic mass is 9.78. The number of amides is 4. The fourth-order valence-electron chi connectivity index (χ4n) is 8.39. The number of nitrogens with zero attached hydrogens (tertiary/aromatic N) is 2. The van der Waals surface area contributed by atoms with Crippen LogP contribution in [0.1, 0.15) is 74.0 Å². The Balaban J connectivity index is 1.11. The summed E-state index contributed by atoms with van der Waals surface area (Å²) < 4.78 is 35.7. The average molecular weight is 806 g/mol. The molecule has 2 aliphatic carbocycles. The summed E-state index contributed by atoms with van der Waals surface area (Å²) in [7, 11) is 5.27. The number of halogens is 3. The topological polar surface area (TPSA) is 137 Å². The monoisotopic (exact) mass is 805 g/mol. The fraction of sp³-hybridized carbons (Fsp3) is 0.465. The van der Waals surface area contributed by atoms with Crippen LogP contribution in [0.2, 0.25) is 5.02 Å². The zero-order chi connectivity index (χ0) is 41.0. The van der Waals surface area contributed by atoms with Crippen LogP contribution < -0.4 is 16.0 Å². The van der Waals surface area contributed by atoms with E-state index < -0.39 is 52.2 Å². The van der Waals surface area contributed by atoms with Crippen molar-refractivity contribution in [3.63, 3.8) is 0 Å². The number of nitrogens with one attached hydrogen (secondary N) is 3. The van der Waals surface area contributed by atoms with Gasteiger partial charge in [-0.05, 0) is 74.5 Å². The molecule has 3 aromatic carbocycles. The third-order valence-corrected chi connectivity index (χ3v) is 12.2. The lowest BCUT2D eigenvalue weighted by Gasteiger charge is -2.31. The first-order chi connectivity index (χ1) is 27.2. The van der Waals surface area contributed by atoms with Gasteiger partial charge in [0.25, 0.3) is 11.8 Å². The Hall–Kier alpha value is -4.88. The summed E-state index contributed by atoms with van der Waals surface area (Å²) in [6.45, 7) is 1.38. The molecule has 3 aromatic rings. The molecule has 1 aliphatic heterocycles. The van der Waals surface area contributed by atoms with Crippen molar-refractivity contribution in [3.8, 4) is 0 Å². The van der Waals surface area contributed by atoms with Crippen LogP contribution in [-0.2, 0) is 41.1 Å². The number of carbonyl (C=O) groups excluding carboxylic acids is 5. The number of benzene rings is 3. The second-order valence-electron chi connectivity index (χ2n) is 15.9. The Morgan fingerprint density at radius 2 is 1.61 bits per heavy atom. The van der Waals surface area contributed by atoms with Crippen molar-refractivity contribution in [2.75, 3.05) is 39.6 Å². The molecule has 2 unspecified atom stereocenters. The van der Waals surface area contributed by atoms with Crippen molar-refractivity contribution in [1.29, 1.82) is 0 Å². The number of carbonyl (C=O) groups is 5. The molecule has 0 aromatic heterocycles. The number of esters is 1. The molecule has 6 rings (SSSR count). The SMILES string of the molecule is COC(=O)[C@@H](Cc1ccc(NC(=O)C2(NC(=O)C(F)(F)c3ccccc3)CC2c2ccccc2Cl)cc1)NC(=O)CC1(CC(=O)N2CC[C@H](N(C)C)C2)CCCC1. The predicted molar refractivity (Wildman–Crippen MR) is 212 cm³/mol. The van der Waals surface area contributed by atoms with Crippen LogP contribution in [0.5, 0.6) is 0 Å². The highest BCUT2D eigenvalue weighted by molar-refractivity contribution is 6.31. The van der Waals surface area contributed by atoms with Gasteiger partial charge in [-0.1, -0.05) is 85.1 Å². The van der Waals surface area contributed by atoms with Crippen LogP contribution in [0.25, 0.3) is 0 Å². The molecule has 4 amide bonds. The van der Waals surface area contributed by atoms with Crippen LogP contribution in [-0.4, -0.2) is 91.3 Å². The van der Waals surface area contributed by atoms with Gasteiger partial charge in [0, 0.05) is 60.6 Å². The molecule has 0 bridgehead atoms. The van der Waals surface area contributed by atoms with E-state index in [9.17, 15) is 24.0 Å². The summed E-state index contributed by atoms with van der Waals surface area (Å²) >= 11 is 6.43. The summed E-state index contributed by atoms with van der Waals surface area (Å²) in [5.74, 6) is -7.78. The molecule has 3 aliphatic rings. The molecule has 3 N–H and O–H groups in total. The minimum absolute atomic E-state index is 0.0440. The molecule has 304 valence electrons. The highest BCUT2D eigenvalue weighted by Gasteiger charge is 2.64. The number of hydrogen-bond donors (Lipinski definition) is 3. The Kier molecular flexibility index (Phi) is 12.7. The van der Waals surface area contributed by atoms with Gasteiger partial charge in [-0.2, -0.15) is 8.78 Å². The number of likely N-dealkylation sites (N-methyl/N-ethyl adjacent to an activating group) is 1. The predicted octanol–water partition coefficient (Wildman–Crippen LogP) is 5.82. The van der Waals surface area contributed by atoms with Gasteiger partial charge in [0.05, 0.1) is 7.11 Å². The van der Waals surface area contributed by atoms with E-state index in [1.54, 1.807) is 54.6 Å². The minimum Gasteiger partial charge on any atom is -0.467 e. The number of rotatable bonds is 15. The lowest BCUT2D eigenvalue weighted by molar-refractivity contribution is -0.149. The third-order valence-electron chi connectivity index (χ3n) is 11.8. The first-order valence-electron chi connectivity index (χ1n) is 19.4. The molecular formula is C43H50ClF2N5O6. The van der Waals surface area contributed by atoms with Crippen molar-refractivity contribution >= 4 is 46.9 Å². The number of likely N-dealkylation sites (tertiary alicyclic amines) is 1. The molecule has 14 heteroatoms. The van der Waals surface area contributed by atoms with Crippen LogP contribution >= 0.6 is 11.6 Å². The number of ether oxygens (including phenoxy) is 1. The second kappa shape index (κ2) is 17.3. The smallest absolute Gasteiger partial charge is 0.349 e. The average Bonchev–Trinajstić information content (AvgIpc) is 3.46. The van der Waals surface area contributed by atoms with Gasteiger partial charge in [0.2, 0.25) is 11.8 Å².